The quantitative estimate of drug-likeness (QED) is 0.590. The van der Waals surface area contributed by atoms with E-state index in [0.717, 1.165) is 15.6 Å². The molecule has 0 aliphatic heterocycles. The highest BCUT2D eigenvalue weighted by molar-refractivity contribution is 9.10. The van der Waals surface area contributed by atoms with Crippen LogP contribution in [0, 0.1) is 11.8 Å². The molecule has 0 aliphatic carbocycles. The monoisotopic (exact) mass is 302 g/mol. The van der Waals surface area contributed by atoms with Crippen molar-refractivity contribution in [2.45, 2.75) is 5.75 Å². The second kappa shape index (κ2) is 5.95. The predicted octanol–water partition coefficient (Wildman–Crippen LogP) is 4.28. The highest BCUT2D eigenvalue weighted by Crippen LogP contribution is 2.11. The van der Waals surface area contributed by atoms with Gasteiger partial charge in [-0.2, -0.15) is 12.6 Å². The summed E-state index contributed by atoms with van der Waals surface area (Å²) in [5, 5.41) is 0. The molecule has 0 heterocycles. The number of halogens is 1. The molecule has 0 radical (unpaired) electrons. The smallest absolute Gasteiger partial charge is 0.0289 e. The summed E-state index contributed by atoms with van der Waals surface area (Å²) < 4.78 is 1.07. The average Bonchev–Trinajstić information content (AvgIpc) is 2.38. The molecule has 84 valence electrons. The molecule has 0 atom stereocenters. The SMILES string of the molecule is SCc1ccccc1C#Cc1ccc(Br)cc1. The molecule has 2 aromatic carbocycles. The topological polar surface area (TPSA) is 0 Å². The molecule has 2 aromatic rings. The van der Waals surface area contributed by atoms with E-state index >= 15 is 0 Å². The Morgan fingerprint density at radius 3 is 2.35 bits per heavy atom. The van der Waals surface area contributed by atoms with Gasteiger partial charge in [-0.15, -0.1) is 0 Å². The summed E-state index contributed by atoms with van der Waals surface area (Å²) in [5.41, 5.74) is 3.23. The molecule has 0 saturated heterocycles. The van der Waals surface area contributed by atoms with Crippen LogP contribution in [0.2, 0.25) is 0 Å². The summed E-state index contributed by atoms with van der Waals surface area (Å²) in [7, 11) is 0. The van der Waals surface area contributed by atoms with Crippen molar-refractivity contribution in [3.63, 3.8) is 0 Å². The third-order valence-corrected chi connectivity index (χ3v) is 3.24. The van der Waals surface area contributed by atoms with Crippen LogP contribution in [0.4, 0.5) is 0 Å². The first-order valence-electron chi connectivity index (χ1n) is 5.26. The van der Waals surface area contributed by atoms with Crippen LogP contribution in [0.3, 0.4) is 0 Å². The second-order valence-electron chi connectivity index (χ2n) is 3.57. The maximum atomic E-state index is 4.30. The molecule has 2 rings (SSSR count). The highest BCUT2D eigenvalue weighted by atomic mass is 79.9. The molecular weight excluding hydrogens is 292 g/mol. The van der Waals surface area contributed by atoms with Crippen molar-refractivity contribution in [2.75, 3.05) is 0 Å². The predicted molar refractivity (Wildman–Crippen MR) is 79.3 cm³/mol. The summed E-state index contributed by atoms with van der Waals surface area (Å²) in [4.78, 5) is 0. The molecule has 0 nitrogen and oxygen atoms in total. The zero-order valence-corrected chi connectivity index (χ0v) is 11.6. The van der Waals surface area contributed by atoms with Gasteiger partial charge in [0.2, 0.25) is 0 Å². The largest absolute Gasteiger partial charge is 0.175 e. The Balaban J connectivity index is 2.29. The molecule has 0 unspecified atom stereocenters. The van der Waals surface area contributed by atoms with E-state index in [2.05, 4.69) is 46.5 Å². The van der Waals surface area contributed by atoms with Crippen LogP contribution >= 0.6 is 28.6 Å². The van der Waals surface area contributed by atoms with Gasteiger partial charge in [0.15, 0.2) is 0 Å². The van der Waals surface area contributed by atoms with Crippen molar-refractivity contribution in [1.82, 2.24) is 0 Å². The molecule has 0 fully saturated rings. The second-order valence-corrected chi connectivity index (χ2v) is 4.80. The fourth-order valence-corrected chi connectivity index (χ4v) is 1.99. The van der Waals surface area contributed by atoms with Gasteiger partial charge < -0.3 is 0 Å². The third-order valence-electron chi connectivity index (χ3n) is 2.37. The van der Waals surface area contributed by atoms with E-state index in [1.54, 1.807) is 0 Å². The number of thiol groups is 1. The van der Waals surface area contributed by atoms with Gasteiger partial charge in [0.05, 0.1) is 0 Å². The minimum absolute atomic E-state index is 0.713. The summed E-state index contributed by atoms with van der Waals surface area (Å²) in [6.07, 6.45) is 0. The van der Waals surface area contributed by atoms with Crippen molar-refractivity contribution in [2.24, 2.45) is 0 Å². The van der Waals surface area contributed by atoms with Crippen LogP contribution in [0.5, 0.6) is 0 Å². The maximum absolute atomic E-state index is 4.30. The minimum Gasteiger partial charge on any atom is -0.175 e. The van der Waals surface area contributed by atoms with Crippen LogP contribution in [-0.4, -0.2) is 0 Å². The molecule has 0 bridgehead atoms. The average molecular weight is 303 g/mol. The molecule has 0 N–H and O–H groups in total. The maximum Gasteiger partial charge on any atom is 0.0289 e. The van der Waals surface area contributed by atoms with Gasteiger partial charge in [-0.25, -0.2) is 0 Å². The zero-order chi connectivity index (χ0) is 12.1. The lowest BCUT2D eigenvalue weighted by Crippen LogP contribution is -1.84. The molecule has 0 aromatic heterocycles. The van der Waals surface area contributed by atoms with E-state index in [0.29, 0.717) is 5.75 Å². The van der Waals surface area contributed by atoms with Crippen LogP contribution in [0.15, 0.2) is 53.0 Å². The van der Waals surface area contributed by atoms with Crippen LogP contribution < -0.4 is 0 Å². The highest BCUT2D eigenvalue weighted by Gasteiger charge is 1.95. The van der Waals surface area contributed by atoms with Crippen molar-refractivity contribution in [3.8, 4) is 11.8 Å². The first kappa shape index (κ1) is 12.3. The lowest BCUT2D eigenvalue weighted by Gasteiger charge is -1.98. The standard InChI is InChI=1S/C15H11BrS/c16-15-9-6-12(7-10-15)5-8-13-3-1-2-4-14(13)11-17/h1-4,6-7,9-10,17H,11H2. The number of hydrogen-bond acceptors (Lipinski definition) is 1. The summed E-state index contributed by atoms with van der Waals surface area (Å²) >= 11 is 7.71. The van der Waals surface area contributed by atoms with Gasteiger partial charge in [-0.05, 0) is 35.9 Å². The van der Waals surface area contributed by atoms with Gasteiger partial charge >= 0.3 is 0 Å². The Labute approximate surface area is 116 Å². The molecule has 2 heteroatoms. The number of rotatable bonds is 1. The van der Waals surface area contributed by atoms with Crippen molar-refractivity contribution in [3.05, 3.63) is 69.7 Å². The Bertz CT molecular complexity index is 561. The van der Waals surface area contributed by atoms with Crippen molar-refractivity contribution < 1.29 is 0 Å². The Morgan fingerprint density at radius 2 is 1.65 bits per heavy atom. The van der Waals surface area contributed by atoms with Crippen LogP contribution in [0.1, 0.15) is 16.7 Å². The first-order chi connectivity index (χ1) is 8.29. The van der Waals surface area contributed by atoms with Gasteiger partial charge in [-0.3, -0.25) is 0 Å². The number of hydrogen-bond donors (Lipinski definition) is 1. The third kappa shape index (κ3) is 3.39. The van der Waals surface area contributed by atoms with Crippen molar-refractivity contribution in [1.29, 1.82) is 0 Å². The van der Waals surface area contributed by atoms with E-state index in [1.165, 1.54) is 5.56 Å². The van der Waals surface area contributed by atoms with Gasteiger partial charge in [-0.1, -0.05) is 46.0 Å². The van der Waals surface area contributed by atoms with Crippen molar-refractivity contribution >= 4 is 28.6 Å². The summed E-state index contributed by atoms with van der Waals surface area (Å²) in [6, 6.07) is 16.1. The Hall–Kier alpha value is -1.17. The normalized spacial score (nSPS) is 9.53. The first-order valence-corrected chi connectivity index (χ1v) is 6.68. The van der Waals surface area contributed by atoms with E-state index in [-0.39, 0.29) is 0 Å². The summed E-state index contributed by atoms with van der Waals surface area (Å²) in [5.74, 6) is 7.06. The lowest BCUT2D eigenvalue weighted by atomic mass is 10.1. The van der Waals surface area contributed by atoms with E-state index in [4.69, 9.17) is 0 Å². The zero-order valence-electron chi connectivity index (χ0n) is 9.15. The molecule has 0 saturated carbocycles. The van der Waals surface area contributed by atoms with Gasteiger partial charge in [0.25, 0.3) is 0 Å². The lowest BCUT2D eigenvalue weighted by molar-refractivity contribution is 1.40. The van der Waals surface area contributed by atoms with E-state index in [1.807, 2.05) is 42.5 Å². The van der Waals surface area contributed by atoms with E-state index in [9.17, 15) is 0 Å². The number of benzene rings is 2. The molecule has 0 spiro atoms. The minimum atomic E-state index is 0.713. The Kier molecular flexibility index (Phi) is 4.30. The van der Waals surface area contributed by atoms with Crippen LogP contribution in [0.25, 0.3) is 0 Å². The summed E-state index contributed by atoms with van der Waals surface area (Å²) in [6.45, 7) is 0. The molecule has 0 amide bonds. The van der Waals surface area contributed by atoms with Gasteiger partial charge in [0.1, 0.15) is 0 Å². The van der Waals surface area contributed by atoms with E-state index < -0.39 is 0 Å². The fourth-order valence-electron chi connectivity index (χ4n) is 1.45. The van der Waals surface area contributed by atoms with Crippen LogP contribution in [-0.2, 0) is 5.75 Å². The fraction of sp³-hybridized carbons (Fsp3) is 0.0667. The molecule has 17 heavy (non-hydrogen) atoms. The molecule has 0 aliphatic rings. The Morgan fingerprint density at radius 1 is 0.941 bits per heavy atom. The van der Waals surface area contributed by atoms with Gasteiger partial charge in [0, 0.05) is 21.4 Å². The molecular formula is C15H11BrS.